The van der Waals surface area contributed by atoms with Crippen LogP contribution in [0.25, 0.3) is 0 Å². The molecular formula is C10H18N2OS. The lowest BCUT2D eigenvalue weighted by Crippen LogP contribution is -2.39. The van der Waals surface area contributed by atoms with Gasteiger partial charge < -0.3 is 11.1 Å². The monoisotopic (exact) mass is 214 g/mol. The van der Waals surface area contributed by atoms with E-state index in [4.69, 9.17) is 18.0 Å². The van der Waals surface area contributed by atoms with Crippen LogP contribution in [0.1, 0.15) is 33.1 Å². The predicted molar refractivity (Wildman–Crippen MR) is 60.9 cm³/mol. The van der Waals surface area contributed by atoms with Crippen LogP contribution in [-0.4, -0.2) is 16.9 Å². The molecule has 3 nitrogen and oxygen atoms in total. The average Bonchev–Trinajstić information content (AvgIpc) is 2.83. The van der Waals surface area contributed by atoms with Crippen LogP contribution in [0.3, 0.4) is 0 Å². The highest BCUT2D eigenvalue weighted by atomic mass is 32.1. The van der Waals surface area contributed by atoms with Crippen molar-refractivity contribution in [2.45, 2.75) is 39.2 Å². The second-order valence-corrected chi connectivity index (χ2v) is 4.35. The van der Waals surface area contributed by atoms with Crippen molar-refractivity contribution in [3.63, 3.8) is 0 Å². The van der Waals surface area contributed by atoms with Crippen molar-refractivity contribution in [3.8, 4) is 0 Å². The molecule has 0 spiro atoms. The fraction of sp³-hybridized carbons (Fsp3) is 0.800. The molecule has 0 aromatic rings. The van der Waals surface area contributed by atoms with Crippen LogP contribution in [0.15, 0.2) is 0 Å². The number of amides is 1. The minimum atomic E-state index is -0.289. The van der Waals surface area contributed by atoms with E-state index in [1.165, 1.54) is 0 Å². The minimum Gasteiger partial charge on any atom is -0.393 e. The Balaban J connectivity index is 2.37. The molecule has 1 amide bonds. The third-order valence-electron chi connectivity index (χ3n) is 2.84. The quantitative estimate of drug-likeness (QED) is 0.676. The molecule has 0 aromatic carbocycles. The fourth-order valence-corrected chi connectivity index (χ4v) is 1.95. The van der Waals surface area contributed by atoms with Gasteiger partial charge in [-0.15, -0.1) is 0 Å². The average molecular weight is 214 g/mol. The first kappa shape index (κ1) is 11.4. The highest BCUT2D eigenvalue weighted by molar-refractivity contribution is 7.80. The third kappa shape index (κ3) is 2.67. The van der Waals surface area contributed by atoms with Gasteiger partial charge in [-0.25, -0.2) is 0 Å². The molecule has 1 aliphatic carbocycles. The number of hydrogen-bond donors (Lipinski definition) is 2. The van der Waals surface area contributed by atoms with Gasteiger partial charge in [0, 0.05) is 6.04 Å². The zero-order valence-corrected chi connectivity index (χ0v) is 9.56. The largest absolute Gasteiger partial charge is 0.393 e. The fourth-order valence-electron chi connectivity index (χ4n) is 1.67. The number of rotatable bonds is 5. The molecule has 1 fully saturated rings. The molecule has 0 radical (unpaired) electrons. The van der Waals surface area contributed by atoms with Crippen molar-refractivity contribution in [3.05, 3.63) is 0 Å². The number of carbonyl (C=O) groups is 1. The standard InChI is InChI=1S/C10H18N2OS/c1-3-6-5-8(6)12-10(13)7(4-2)9(11)14/h6-8H,3-5H2,1-2H3,(H2,11,14)(H,12,13). The van der Waals surface area contributed by atoms with E-state index in [1.54, 1.807) is 0 Å². The van der Waals surface area contributed by atoms with E-state index in [1.807, 2.05) is 6.92 Å². The minimum absolute atomic E-state index is 0.000880. The summed E-state index contributed by atoms with van der Waals surface area (Å²) in [6.45, 7) is 4.06. The van der Waals surface area contributed by atoms with Crippen molar-refractivity contribution >= 4 is 23.1 Å². The second kappa shape index (κ2) is 4.73. The van der Waals surface area contributed by atoms with E-state index in [-0.39, 0.29) is 11.8 Å². The Hall–Kier alpha value is -0.640. The van der Waals surface area contributed by atoms with Gasteiger partial charge in [0.25, 0.3) is 0 Å². The molecule has 0 saturated heterocycles. The van der Waals surface area contributed by atoms with Crippen LogP contribution in [0.4, 0.5) is 0 Å². The Morgan fingerprint density at radius 2 is 2.29 bits per heavy atom. The van der Waals surface area contributed by atoms with Crippen molar-refractivity contribution in [1.82, 2.24) is 5.32 Å². The Morgan fingerprint density at radius 3 is 2.64 bits per heavy atom. The molecule has 1 aliphatic rings. The zero-order chi connectivity index (χ0) is 10.7. The van der Waals surface area contributed by atoms with Crippen LogP contribution in [0.5, 0.6) is 0 Å². The third-order valence-corrected chi connectivity index (χ3v) is 3.13. The molecular weight excluding hydrogens is 196 g/mol. The lowest BCUT2D eigenvalue weighted by Gasteiger charge is -2.13. The summed E-state index contributed by atoms with van der Waals surface area (Å²) in [4.78, 5) is 12.0. The van der Waals surface area contributed by atoms with Gasteiger partial charge in [-0.05, 0) is 18.8 Å². The van der Waals surface area contributed by atoms with Crippen LogP contribution in [0, 0.1) is 11.8 Å². The summed E-state index contributed by atoms with van der Waals surface area (Å²) in [6.07, 6.45) is 2.93. The maximum Gasteiger partial charge on any atom is 0.230 e. The molecule has 80 valence electrons. The molecule has 1 rings (SSSR count). The van der Waals surface area contributed by atoms with Crippen LogP contribution in [-0.2, 0) is 4.79 Å². The molecule has 14 heavy (non-hydrogen) atoms. The van der Waals surface area contributed by atoms with Gasteiger partial charge in [-0.1, -0.05) is 32.5 Å². The van der Waals surface area contributed by atoms with E-state index in [0.29, 0.717) is 23.4 Å². The summed E-state index contributed by atoms with van der Waals surface area (Å²) in [6, 6.07) is 0.371. The first-order chi connectivity index (χ1) is 6.60. The van der Waals surface area contributed by atoms with Gasteiger partial charge in [-0.2, -0.15) is 0 Å². The summed E-state index contributed by atoms with van der Waals surface area (Å²) < 4.78 is 0. The molecule has 4 heteroatoms. The number of hydrogen-bond acceptors (Lipinski definition) is 2. The second-order valence-electron chi connectivity index (χ2n) is 3.88. The van der Waals surface area contributed by atoms with Crippen LogP contribution < -0.4 is 11.1 Å². The molecule has 0 heterocycles. The first-order valence-corrected chi connectivity index (χ1v) is 5.60. The molecule has 0 aliphatic heterocycles. The van der Waals surface area contributed by atoms with Gasteiger partial charge in [0.15, 0.2) is 0 Å². The number of carbonyl (C=O) groups excluding carboxylic acids is 1. The smallest absolute Gasteiger partial charge is 0.230 e. The molecule has 3 unspecified atom stereocenters. The highest BCUT2D eigenvalue weighted by Crippen LogP contribution is 2.33. The van der Waals surface area contributed by atoms with E-state index < -0.39 is 0 Å². The van der Waals surface area contributed by atoms with Crippen molar-refractivity contribution in [2.75, 3.05) is 0 Å². The molecule has 0 bridgehead atoms. The topological polar surface area (TPSA) is 55.1 Å². The van der Waals surface area contributed by atoms with Crippen molar-refractivity contribution < 1.29 is 4.79 Å². The summed E-state index contributed by atoms with van der Waals surface area (Å²) in [5.74, 6) is 0.381. The van der Waals surface area contributed by atoms with Crippen molar-refractivity contribution in [2.24, 2.45) is 17.6 Å². The SMILES string of the molecule is CCC(C(=O)NC1CC1CC)C(N)=S. The molecule has 3 atom stereocenters. The van der Waals surface area contributed by atoms with Crippen LogP contribution in [0.2, 0.25) is 0 Å². The Labute approximate surface area is 90.4 Å². The zero-order valence-electron chi connectivity index (χ0n) is 8.75. The lowest BCUT2D eigenvalue weighted by atomic mass is 10.1. The summed E-state index contributed by atoms with van der Waals surface area (Å²) in [5.41, 5.74) is 5.48. The van der Waals surface area contributed by atoms with Gasteiger partial charge in [0.2, 0.25) is 5.91 Å². The maximum absolute atomic E-state index is 11.6. The van der Waals surface area contributed by atoms with Gasteiger partial charge in [0.1, 0.15) is 0 Å². The van der Waals surface area contributed by atoms with E-state index in [2.05, 4.69) is 12.2 Å². The van der Waals surface area contributed by atoms with E-state index in [0.717, 1.165) is 12.8 Å². The Morgan fingerprint density at radius 1 is 1.64 bits per heavy atom. The molecule has 0 aromatic heterocycles. The van der Waals surface area contributed by atoms with Gasteiger partial charge in [0.05, 0.1) is 10.9 Å². The summed E-state index contributed by atoms with van der Waals surface area (Å²) in [7, 11) is 0. The number of nitrogens with two attached hydrogens (primary N) is 1. The Kier molecular flexibility index (Phi) is 3.86. The van der Waals surface area contributed by atoms with Gasteiger partial charge in [-0.3, -0.25) is 4.79 Å². The van der Waals surface area contributed by atoms with E-state index in [9.17, 15) is 4.79 Å². The van der Waals surface area contributed by atoms with Crippen molar-refractivity contribution in [1.29, 1.82) is 0 Å². The normalized spacial score (nSPS) is 26.7. The summed E-state index contributed by atoms with van der Waals surface area (Å²) >= 11 is 4.84. The summed E-state index contributed by atoms with van der Waals surface area (Å²) in [5, 5.41) is 2.98. The lowest BCUT2D eigenvalue weighted by molar-refractivity contribution is -0.123. The predicted octanol–water partition coefficient (Wildman–Crippen LogP) is 1.21. The first-order valence-electron chi connectivity index (χ1n) is 5.19. The maximum atomic E-state index is 11.6. The number of nitrogens with one attached hydrogen (secondary N) is 1. The van der Waals surface area contributed by atoms with Crippen LogP contribution >= 0.6 is 12.2 Å². The highest BCUT2D eigenvalue weighted by Gasteiger charge is 2.37. The molecule has 3 N–H and O–H groups in total. The molecule has 1 saturated carbocycles. The number of thiocarbonyl (C=S) groups is 1. The Bertz CT molecular complexity index is 242. The van der Waals surface area contributed by atoms with E-state index >= 15 is 0 Å². The van der Waals surface area contributed by atoms with Gasteiger partial charge >= 0.3 is 0 Å².